The van der Waals surface area contributed by atoms with Crippen molar-refractivity contribution in [1.29, 1.82) is 0 Å². The van der Waals surface area contributed by atoms with Crippen molar-refractivity contribution >= 4 is 17.6 Å². The fourth-order valence-electron chi connectivity index (χ4n) is 2.30. The first-order valence-corrected chi connectivity index (χ1v) is 6.48. The Morgan fingerprint density at radius 2 is 2.16 bits per heavy atom. The standard InChI is InChI=1S/C14H18N2O3/c17-13(15-7-3-6-14(18)19)8-10-9-16-12-5-2-1-4-11(10)12/h1-2,4-5,10,16H,3,6-9H2,(H,15,17)(H,18,19). The Labute approximate surface area is 112 Å². The molecule has 5 nitrogen and oxygen atoms in total. The number of hydrogen-bond acceptors (Lipinski definition) is 3. The number of amides is 1. The van der Waals surface area contributed by atoms with Crippen molar-refractivity contribution < 1.29 is 14.7 Å². The van der Waals surface area contributed by atoms with Crippen molar-refractivity contribution in [3.63, 3.8) is 0 Å². The summed E-state index contributed by atoms with van der Waals surface area (Å²) in [5, 5.41) is 14.5. The van der Waals surface area contributed by atoms with Crippen LogP contribution < -0.4 is 10.6 Å². The Kier molecular flexibility index (Phi) is 4.39. The molecule has 1 aromatic carbocycles. The van der Waals surface area contributed by atoms with Crippen LogP contribution in [-0.2, 0) is 9.59 Å². The molecule has 0 fully saturated rings. The smallest absolute Gasteiger partial charge is 0.303 e. The van der Waals surface area contributed by atoms with E-state index in [1.807, 2.05) is 24.3 Å². The molecule has 3 N–H and O–H groups in total. The number of benzene rings is 1. The molecule has 1 aliphatic rings. The quantitative estimate of drug-likeness (QED) is 0.680. The number of aliphatic carboxylic acids is 1. The van der Waals surface area contributed by atoms with Crippen LogP contribution in [-0.4, -0.2) is 30.1 Å². The van der Waals surface area contributed by atoms with Crippen LogP contribution in [0.4, 0.5) is 5.69 Å². The fraction of sp³-hybridized carbons (Fsp3) is 0.429. The minimum Gasteiger partial charge on any atom is -0.481 e. The number of carboxylic acid groups (broad SMARTS) is 1. The summed E-state index contributed by atoms with van der Waals surface area (Å²) in [6.07, 6.45) is 1.01. The van der Waals surface area contributed by atoms with Gasteiger partial charge in [0, 0.05) is 37.5 Å². The Bertz CT molecular complexity index is 474. The molecule has 19 heavy (non-hydrogen) atoms. The number of hydrogen-bond donors (Lipinski definition) is 3. The lowest BCUT2D eigenvalue weighted by molar-refractivity contribution is -0.137. The summed E-state index contributed by atoms with van der Waals surface area (Å²) in [5.74, 6) is -0.646. The zero-order valence-electron chi connectivity index (χ0n) is 10.7. The van der Waals surface area contributed by atoms with Crippen LogP contribution in [0.15, 0.2) is 24.3 Å². The molecule has 0 saturated carbocycles. The lowest BCUT2D eigenvalue weighted by Crippen LogP contribution is -2.26. The highest BCUT2D eigenvalue weighted by atomic mass is 16.4. The van der Waals surface area contributed by atoms with Gasteiger partial charge in [-0.05, 0) is 18.1 Å². The van der Waals surface area contributed by atoms with Crippen molar-refractivity contribution in [2.45, 2.75) is 25.2 Å². The van der Waals surface area contributed by atoms with E-state index in [0.29, 0.717) is 19.4 Å². The minimum atomic E-state index is -0.830. The summed E-state index contributed by atoms with van der Waals surface area (Å²) in [7, 11) is 0. The molecule has 0 spiro atoms. The highest BCUT2D eigenvalue weighted by molar-refractivity contribution is 5.78. The molecule has 0 radical (unpaired) electrons. The molecule has 1 atom stereocenters. The average Bonchev–Trinajstić information content (AvgIpc) is 2.78. The molecule has 2 rings (SSSR count). The maximum atomic E-state index is 11.8. The van der Waals surface area contributed by atoms with Gasteiger partial charge in [0.1, 0.15) is 0 Å². The molecule has 1 unspecified atom stereocenters. The Balaban J connectivity index is 1.76. The van der Waals surface area contributed by atoms with Gasteiger partial charge >= 0.3 is 5.97 Å². The summed E-state index contributed by atoms with van der Waals surface area (Å²) in [6, 6.07) is 8.00. The summed E-state index contributed by atoms with van der Waals surface area (Å²) < 4.78 is 0. The maximum absolute atomic E-state index is 11.8. The Morgan fingerprint density at radius 3 is 2.95 bits per heavy atom. The first-order chi connectivity index (χ1) is 9.16. The highest BCUT2D eigenvalue weighted by Gasteiger charge is 2.23. The van der Waals surface area contributed by atoms with Gasteiger partial charge in [0.05, 0.1) is 0 Å². The zero-order chi connectivity index (χ0) is 13.7. The van der Waals surface area contributed by atoms with Crippen LogP contribution in [0.25, 0.3) is 0 Å². The normalized spacial score (nSPS) is 16.5. The highest BCUT2D eigenvalue weighted by Crippen LogP contribution is 2.32. The van der Waals surface area contributed by atoms with Crippen LogP contribution in [0.1, 0.15) is 30.7 Å². The molecule has 1 aliphatic heterocycles. The summed E-state index contributed by atoms with van der Waals surface area (Å²) in [5.41, 5.74) is 2.29. The van der Waals surface area contributed by atoms with E-state index in [4.69, 9.17) is 5.11 Å². The summed E-state index contributed by atoms with van der Waals surface area (Å²) in [6.45, 7) is 1.20. The average molecular weight is 262 g/mol. The lowest BCUT2D eigenvalue weighted by Gasteiger charge is -2.10. The lowest BCUT2D eigenvalue weighted by atomic mass is 9.97. The van der Waals surface area contributed by atoms with Crippen LogP contribution in [0.5, 0.6) is 0 Å². The second-order valence-corrected chi connectivity index (χ2v) is 4.72. The van der Waals surface area contributed by atoms with E-state index < -0.39 is 5.97 Å². The maximum Gasteiger partial charge on any atom is 0.303 e. The minimum absolute atomic E-state index is 0.0195. The number of carboxylic acids is 1. The second kappa shape index (κ2) is 6.22. The van der Waals surface area contributed by atoms with Gasteiger partial charge in [-0.3, -0.25) is 9.59 Å². The molecular formula is C14H18N2O3. The second-order valence-electron chi connectivity index (χ2n) is 4.72. The molecule has 5 heteroatoms. The third kappa shape index (κ3) is 3.71. The molecule has 1 aromatic rings. The van der Waals surface area contributed by atoms with Crippen LogP contribution >= 0.6 is 0 Å². The molecule has 102 valence electrons. The SMILES string of the molecule is O=C(O)CCCNC(=O)CC1CNc2ccccc21. The van der Waals surface area contributed by atoms with Gasteiger partial charge in [-0.25, -0.2) is 0 Å². The molecule has 1 heterocycles. The number of fused-ring (bicyclic) bond motifs is 1. The topological polar surface area (TPSA) is 78.4 Å². The number of para-hydroxylation sites is 1. The van der Waals surface area contributed by atoms with E-state index in [1.165, 1.54) is 5.56 Å². The Hall–Kier alpha value is -2.04. The van der Waals surface area contributed by atoms with Gasteiger partial charge in [0.2, 0.25) is 5.91 Å². The van der Waals surface area contributed by atoms with E-state index in [2.05, 4.69) is 10.6 Å². The van der Waals surface area contributed by atoms with Crippen molar-refractivity contribution in [2.75, 3.05) is 18.4 Å². The Morgan fingerprint density at radius 1 is 1.37 bits per heavy atom. The fourth-order valence-corrected chi connectivity index (χ4v) is 2.30. The van der Waals surface area contributed by atoms with Crippen molar-refractivity contribution in [3.8, 4) is 0 Å². The molecule has 0 aromatic heterocycles. The molecular weight excluding hydrogens is 244 g/mol. The zero-order valence-corrected chi connectivity index (χ0v) is 10.7. The largest absolute Gasteiger partial charge is 0.481 e. The first kappa shape index (κ1) is 13.4. The third-order valence-corrected chi connectivity index (χ3v) is 3.26. The molecule has 0 bridgehead atoms. The van der Waals surface area contributed by atoms with Crippen molar-refractivity contribution in [1.82, 2.24) is 5.32 Å². The predicted octanol–water partition coefficient (Wildman–Crippen LogP) is 1.57. The van der Waals surface area contributed by atoms with E-state index in [1.54, 1.807) is 0 Å². The summed E-state index contributed by atoms with van der Waals surface area (Å²) >= 11 is 0. The number of nitrogens with one attached hydrogen (secondary N) is 2. The molecule has 0 saturated heterocycles. The van der Waals surface area contributed by atoms with E-state index >= 15 is 0 Å². The molecule has 0 aliphatic carbocycles. The van der Waals surface area contributed by atoms with Gasteiger partial charge in [-0.1, -0.05) is 18.2 Å². The number of carbonyl (C=O) groups is 2. The number of rotatable bonds is 6. The number of carbonyl (C=O) groups excluding carboxylic acids is 1. The molecule has 1 amide bonds. The predicted molar refractivity (Wildman–Crippen MR) is 72.2 cm³/mol. The van der Waals surface area contributed by atoms with Gasteiger partial charge in [-0.2, -0.15) is 0 Å². The van der Waals surface area contributed by atoms with Gasteiger partial charge in [0.25, 0.3) is 0 Å². The van der Waals surface area contributed by atoms with Gasteiger partial charge < -0.3 is 15.7 Å². The van der Waals surface area contributed by atoms with Crippen LogP contribution in [0.3, 0.4) is 0 Å². The summed E-state index contributed by atoms with van der Waals surface area (Å²) in [4.78, 5) is 22.1. The van der Waals surface area contributed by atoms with Crippen LogP contribution in [0, 0.1) is 0 Å². The van der Waals surface area contributed by atoms with Gasteiger partial charge in [0.15, 0.2) is 0 Å². The monoisotopic (exact) mass is 262 g/mol. The van der Waals surface area contributed by atoms with Crippen molar-refractivity contribution in [3.05, 3.63) is 29.8 Å². The van der Waals surface area contributed by atoms with Crippen molar-refractivity contribution in [2.24, 2.45) is 0 Å². The van der Waals surface area contributed by atoms with Crippen LogP contribution in [0.2, 0.25) is 0 Å². The van der Waals surface area contributed by atoms with E-state index in [0.717, 1.165) is 12.2 Å². The van der Waals surface area contributed by atoms with E-state index in [-0.39, 0.29) is 18.2 Å². The third-order valence-electron chi connectivity index (χ3n) is 3.26. The van der Waals surface area contributed by atoms with Gasteiger partial charge in [-0.15, -0.1) is 0 Å². The van der Waals surface area contributed by atoms with E-state index in [9.17, 15) is 9.59 Å². The number of anilines is 1. The first-order valence-electron chi connectivity index (χ1n) is 6.48.